The van der Waals surface area contributed by atoms with Gasteiger partial charge in [0.25, 0.3) is 0 Å². The smallest absolute Gasteiger partial charge is 0.239 e. The first kappa shape index (κ1) is 19.8. The van der Waals surface area contributed by atoms with Crippen molar-refractivity contribution in [2.24, 2.45) is 0 Å². The lowest BCUT2D eigenvalue weighted by atomic mass is 9.84. The first-order valence-corrected chi connectivity index (χ1v) is 10.7. The normalized spacial score (nSPS) is 10.8. The van der Waals surface area contributed by atoms with Crippen LogP contribution in [0, 0.1) is 11.8 Å². The zero-order valence-corrected chi connectivity index (χ0v) is 17.1. The Hall–Kier alpha value is -3.48. The van der Waals surface area contributed by atoms with Gasteiger partial charge >= 0.3 is 0 Å². The van der Waals surface area contributed by atoms with Gasteiger partial charge in [0.15, 0.2) is 0 Å². The van der Waals surface area contributed by atoms with Crippen LogP contribution in [0.5, 0.6) is 0 Å². The lowest BCUT2D eigenvalue weighted by Crippen LogP contribution is -2.26. The van der Waals surface area contributed by atoms with Crippen molar-refractivity contribution in [2.45, 2.75) is 4.75 Å². The van der Waals surface area contributed by atoms with Crippen molar-refractivity contribution >= 4 is 17.5 Å². The van der Waals surface area contributed by atoms with Crippen LogP contribution >= 0.6 is 11.8 Å². The fraction of sp³-hybridized carbons (Fsp3) is 0.0741. The van der Waals surface area contributed by atoms with E-state index < -0.39 is 4.75 Å². The van der Waals surface area contributed by atoms with E-state index >= 15 is 0 Å². The monoisotopic (exact) mass is 408 g/mol. The molecule has 0 spiro atoms. The standard InChI is InChI=1S/C27H20O2S/c28-26(22-18-19-29-21-22)17-10-20-30-27(23-11-4-1-5-12-23,24-13-6-2-7-14-24)25-15-8-3-9-16-25/h1-9,11-16,18-19,21H,20H2. The first-order chi connectivity index (χ1) is 14.8. The molecule has 3 heteroatoms. The maximum absolute atomic E-state index is 12.2. The fourth-order valence-corrected chi connectivity index (χ4v) is 4.76. The Balaban J connectivity index is 1.75. The Kier molecular flexibility index (Phi) is 6.17. The van der Waals surface area contributed by atoms with E-state index in [-0.39, 0.29) is 5.78 Å². The van der Waals surface area contributed by atoms with Crippen molar-refractivity contribution in [3.63, 3.8) is 0 Å². The largest absolute Gasteiger partial charge is 0.472 e. The minimum Gasteiger partial charge on any atom is -0.472 e. The summed E-state index contributed by atoms with van der Waals surface area (Å²) in [4.78, 5) is 12.2. The van der Waals surface area contributed by atoms with Gasteiger partial charge in [-0.1, -0.05) is 96.9 Å². The number of hydrogen-bond acceptors (Lipinski definition) is 3. The predicted octanol–water partition coefficient (Wildman–Crippen LogP) is 6.19. The molecule has 3 aromatic carbocycles. The van der Waals surface area contributed by atoms with E-state index in [2.05, 4.69) is 84.6 Å². The molecule has 1 heterocycles. The van der Waals surface area contributed by atoms with Crippen molar-refractivity contribution in [1.82, 2.24) is 0 Å². The van der Waals surface area contributed by atoms with Gasteiger partial charge in [0.2, 0.25) is 5.78 Å². The summed E-state index contributed by atoms with van der Waals surface area (Å²) < 4.78 is 4.54. The molecule has 4 rings (SSSR count). The number of carbonyl (C=O) groups is 1. The van der Waals surface area contributed by atoms with Gasteiger partial charge in [-0.05, 0) is 28.7 Å². The lowest BCUT2D eigenvalue weighted by Gasteiger charge is -2.35. The van der Waals surface area contributed by atoms with Crippen LogP contribution in [0.25, 0.3) is 0 Å². The summed E-state index contributed by atoms with van der Waals surface area (Å²) in [6.07, 6.45) is 2.90. The van der Waals surface area contributed by atoms with Gasteiger partial charge in [0, 0.05) is 0 Å². The van der Waals surface area contributed by atoms with Gasteiger partial charge in [0.1, 0.15) is 6.26 Å². The quantitative estimate of drug-likeness (QED) is 0.165. The molecule has 0 aliphatic rings. The van der Waals surface area contributed by atoms with Crippen LogP contribution in [-0.2, 0) is 4.75 Å². The third-order valence-electron chi connectivity index (χ3n) is 4.89. The Labute approximate surface area is 181 Å². The highest BCUT2D eigenvalue weighted by Crippen LogP contribution is 2.48. The molecule has 2 nitrogen and oxygen atoms in total. The highest BCUT2D eigenvalue weighted by Gasteiger charge is 2.36. The van der Waals surface area contributed by atoms with Crippen molar-refractivity contribution in [2.75, 3.05) is 5.75 Å². The average Bonchev–Trinajstić information content (AvgIpc) is 3.36. The Bertz CT molecular complexity index is 1040. The molecule has 0 amide bonds. The predicted molar refractivity (Wildman–Crippen MR) is 122 cm³/mol. The van der Waals surface area contributed by atoms with Crippen LogP contribution in [0.4, 0.5) is 0 Å². The van der Waals surface area contributed by atoms with Crippen LogP contribution in [0.3, 0.4) is 0 Å². The molecule has 0 N–H and O–H groups in total. The Morgan fingerprint density at radius 3 is 1.70 bits per heavy atom. The van der Waals surface area contributed by atoms with Crippen LogP contribution < -0.4 is 0 Å². The highest BCUT2D eigenvalue weighted by molar-refractivity contribution is 8.00. The van der Waals surface area contributed by atoms with E-state index in [1.807, 2.05) is 18.2 Å². The molecule has 30 heavy (non-hydrogen) atoms. The van der Waals surface area contributed by atoms with Gasteiger partial charge < -0.3 is 4.42 Å². The third-order valence-corrected chi connectivity index (χ3v) is 6.32. The van der Waals surface area contributed by atoms with Gasteiger partial charge in [-0.25, -0.2) is 0 Å². The summed E-state index contributed by atoms with van der Waals surface area (Å²) in [5.41, 5.74) is 4.01. The summed E-state index contributed by atoms with van der Waals surface area (Å²) in [6, 6.07) is 33.0. The minimum atomic E-state index is -0.433. The van der Waals surface area contributed by atoms with E-state index in [0.29, 0.717) is 11.3 Å². The molecule has 0 unspecified atom stereocenters. The summed E-state index contributed by atoms with van der Waals surface area (Å²) in [5, 5.41) is 0. The number of Topliss-reactive ketones (excluding diaryl/α,β-unsaturated/α-hetero) is 1. The second kappa shape index (κ2) is 9.35. The summed E-state index contributed by atoms with van der Waals surface area (Å²) >= 11 is 1.72. The van der Waals surface area contributed by atoms with E-state index in [4.69, 9.17) is 4.42 Å². The molecule has 0 aliphatic carbocycles. The number of benzene rings is 3. The number of ketones is 1. The van der Waals surface area contributed by atoms with Gasteiger partial charge in [-0.15, -0.1) is 11.8 Å². The number of hydrogen-bond donors (Lipinski definition) is 0. The molecular weight excluding hydrogens is 388 g/mol. The van der Waals surface area contributed by atoms with Crippen molar-refractivity contribution in [3.05, 3.63) is 132 Å². The first-order valence-electron chi connectivity index (χ1n) is 9.66. The van der Waals surface area contributed by atoms with Gasteiger partial charge in [-0.2, -0.15) is 0 Å². The average molecular weight is 409 g/mol. The molecule has 0 bridgehead atoms. The maximum atomic E-state index is 12.2. The number of thioether (sulfide) groups is 1. The molecule has 0 aliphatic heterocycles. The van der Waals surface area contributed by atoms with Crippen LogP contribution in [0.1, 0.15) is 27.0 Å². The fourth-order valence-electron chi connectivity index (χ4n) is 3.50. The molecule has 4 aromatic rings. The minimum absolute atomic E-state index is 0.228. The number of furan rings is 1. The van der Waals surface area contributed by atoms with Gasteiger partial charge in [-0.3, -0.25) is 4.79 Å². The highest BCUT2D eigenvalue weighted by atomic mass is 32.2. The molecule has 0 saturated carbocycles. The molecule has 0 atom stereocenters. The van der Waals surface area contributed by atoms with E-state index in [1.165, 1.54) is 29.2 Å². The second-order valence-electron chi connectivity index (χ2n) is 6.71. The third kappa shape index (κ3) is 4.10. The zero-order chi connectivity index (χ0) is 20.7. The Morgan fingerprint density at radius 2 is 1.27 bits per heavy atom. The van der Waals surface area contributed by atoms with Crippen LogP contribution in [0.15, 0.2) is 114 Å². The summed E-state index contributed by atoms with van der Waals surface area (Å²) in [7, 11) is 0. The van der Waals surface area contributed by atoms with E-state index in [0.717, 1.165) is 0 Å². The molecular formula is C27H20O2S. The molecule has 1 aromatic heterocycles. The molecule has 146 valence electrons. The van der Waals surface area contributed by atoms with Crippen LogP contribution in [-0.4, -0.2) is 11.5 Å². The molecule has 0 saturated heterocycles. The van der Waals surface area contributed by atoms with Crippen molar-refractivity contribution < 1.29 is 9.21 Å². The lowest BCUT2D eigenvalue weighted by molar-refractivity contribution is 0.105. The van der Waals surface area contributed by atoms with Gasteiger partial charge in [0.05, 0.1) is 22.3 Å². The van der Waals surface area contributed by atoms with E-state index in [1.54, 1.807) is 17.8 Å². The van der Waals surface area contributed by atoms with Crippen molar-refractivity contribution in [1.29, 1.82) is 0 Å². The maximum Gasteiger partial charge on any atom is 0.239 e. The van der Waals surface area contributed by atoms with E-state index in [9.17, 15) is 4.79 Å². The molecule has 0 radical (unpaired) electrons. The zero-order valence-electron chi connectivity index (χ0n) is 16.3. The van der Waals surface area contributed by atoms with Crippen molar-refractivity contribution in [3.8, 4) is 11.8 Å². The number of rotatable bonds is 6. The summed E-state index contributed by atoms with van der Waals surface area (Å²) in [5.74, 6) is 6.08. The summed E-state index contributed by atoms with van der Waals surface area (Å²) in [6.45, 7) is 0. The topological polar surface area (TPSA) is 30.2 Å². The number of carbonyl (C=O) groups excluding carboxylic acids is 1. The second-order valence-corrected chi connectivity index (χ2v) is 7.90. The molecule has 0 fully saturated rings. The van der Waals surface area contributed by atoms with Crippen LogP contribution in [0.2, 0.25) is 0 Å². The Morgan fingerprint density at radius 1 is 0.767 bits per heavy atom. The SMILES string of the molecule is O=C(C#CCSC(c1ccccc1)(c1ccccc1)c1ccccc1)c1ccoc1.